The average Bonchev–Trinajstić information content (AvgIpc) is 2.32. The molecule has 1 fully saturated rings. The smallest absolute Gasteiger partial charge is 0.0362 e. The molecule has 1 heterocycles. The summed E-state index contributed by atoms with van der Waals surface area (Å²) in [7, 11) is -0.576. The van der Waals surface area contributed by atoms with Crippen LogP contribution in [-0.4, -0.2) is 46.8 Å². The van der Waals surface area contributed by atoms with E-state index in [-0.39, 0.29) is 0 Å². The summed E-state index contributed by atoms with van der Waals surface area (Å²) in [6.07, 6.45) is 5.12. The highest BCUT2D eigenvalue weighted by Crippen LogP contribution is 2.01. The fourth-order valence-electron chi connectivity index (χ4n) is 1.40. The van der Waals surface area contributed by atoms with Crippen LogP contribution in [0.4, 0.5) is 0 Å². The Bertz CT molecular complexity index is 194. The van der Waals surface area contributed by atoms with Gasteiger partial charge in [-0.3, -0.25) is 9.11 Å². The van der Waals surface area contributed by atoms with Gasteiger partial charge in [-0.1, -0.05) is 12.2 Å². The van der Waals surface area contributed by atoms with Gasteiger partial charge >= 0.3 is 0 Å². The van der Waals surface area contributed by atoms with E-state index in [4.69, 9.17) is 5.73 Å². The molecule has 3 nitrogen and oxygen atoms in total. The number of nitrogens with two attached hydrogens (primary N) is 1. The van der Waals surface area contributed by atoms with Crippen molar-refractivity contribution in [1.82, 2.24) is 4.90 Å². The van der Waals surface area contributed by atoms with Crippen LogP contribution in [0.3, 0.4) is 0 Å². The lowest BCUT2D eigenvalue weighted by atomic mass is 10.4. The molecule has 76 valence electrons. The van der Waals surface area contributed by atoms with Gasteiger partial charge in [0.1, 0.15) is 0 Å². The first-order valence-corrected chi connectivity index (χ1v) is 6.24. The van der Waals surface area contributed by atoms with Gasteiger partial charge < -0.3 is 5.73 Å². The topological polar surface area (TPSA) is 46.3 Å². The van der Waals surface area contributed by atoms with Crippen molar-refractivity contribution < 1.29 is 4.21 Å². The Balaban J connectivity index is 2.25. The van der Waals surface area contributed by atoms with E-state index in [1.807, 2.05) is 6.08 Å². The summed E-state index contributed by atoms with van der Waals surface area (Å²) in [5, 5.41) is 0. The van der Waals surface area contributed by atoms with Crippen LogP contribution in [0, 0.1) is 0 Å². The zero-order valence-corrected chi connectivity index (χ0v) is 8.76. The van der Waals surface area contributed by atoms with Crippen molar-refractivity contribution in [2.75, 3.05) is 37.7 Å². The molecule has 1 aliphatic rings. The van der Waals surface area contributed by atoms with Gasteiger partial charge in [0.05, 0.1) is 0 Å². The lowest BCUT2D eigenvalue weighted by Crippen LogP contribution is -2.26. The van der Waals surface area contributed by atoms with E-state index in [0.29, 0.717) is 6.54 Å². The SMILES string of the molecule is NC/C=C/CN1CCCS(=O)CC1. The number of hydrogen-bond donors (Lipinski definition) is 1. The van der Waals surface area contributed by atoms with E-state index in [0.717, 1.165) is 37.6 Å². The molecule has 0 saturated carbocycles. The molecule has 13 heavy (non-hydrogen) atoms. The molecule has 4 heteroatoms. The maximum absolute atomic E-state index is 11.2. The van der Waals surface area contributed by atoms with Crippen LogP contribution >= 0.6 is 0 Å². The molecule has 0 spiro atoms. The van der Waals surface area contributed by atoms with Gasteiger partial charge in [0.15, 0.2) is 0 Å². The van der Waals surface area contributed by atoms with Crippen molar-refractivity contribution in [3.8, 4) is 0 Å². The maximum atomic E-state index is 11.2. The van der Waals surface area contributed by atoms with Crippen LogP contribution in [-0.2, 0) is 10.8 Å². The zero-order valence-electron chi connectivity index (χ0n) is 7.95. The summed E-state index contributed by atoms with van der Waals surface area (Å²) in [6, 6.07) is 0. The van der Waals surface area contributed by atoms with E-state index in [1.54, 1.807) is 0 Å². The Labute approximate surface area is 82.4 Å². The molecule has 0 aromatic carbocycles. The summed E-state index contributed by atoms with van der Waals surface area (Å²) in [6.45, 7) is 3.59. The summed E-state index contributed by atoms with van der Waals surface area (Å²) in [5.74, 6) is 1.70. The van der Waals surface area contributed by atoms with Crippen molar-refractivity contribution >= 4 is 10.8 Å². The zero-order chi connectivity index (χ0) is 9.52. The Morgan fingerprint density at radius 1 is 1.31 bits per heavy atom. The summed E-state index contributed by atoms with van der Waals surface area (Å²) in [4.78, 5) is 2.33. The predicted molar refractivity (Wildman–Crippen MR) is 57.1 cm³/mol. The molecule has 0 radical (unpaired) electrons. The van der Waals surface area contributed by atoms with Gasteiger partial charge in [-0.25, -0.2) is 0 Å². The second-order valence-corrected chi connectivity index (χ2v) is 4.91. The monoisotopic (exact) mass is 202 g/mol. The molecule has 1 aliphatic heterocycles. The quantitative estimate of drug-likeness (QED) is 0.653. The van der Waals surface area contributed by atoms with Gasteiger partial charge in [0, 0.05) is 41.9 Å². The molecular weight excluding hydrogens is 184 g/mol. The molecule has 1 rings (SSSR count). The minimum absolute atomic E-state index is 0.576. The number of nitrogens with zero attached hydrogens (tertiary/aromatic N) is 1. The highest BCUT2D eigenvalue weighted by atomic mass is 32.2. The highest BCUT2D eigenvalue weighted by Gasteiger charge is 2.10. The van der Waals surface area contributed by atoms with Gasteiger partial charge in [-0.15, -0.1) is 0 Å². The average molecular weight is 202 g/mol. The number of rotatable bonds is 3. The first-order chi connectivity index (χ1) is 6.33. The molecule has 0 aromatic heterocycles. The third kappa shape index (κ3) is 4.55. The molecule has 2 N–H and O–H groups in total. The second-order valence-electron chi connectivity index (χ2n) is 3.21. The standard InChI is InChI=1S/C9H18N2OS/c10-4-1-2-5-11-6-3-8-13(12)9-7-11/h1-2H,3-10H2/b2-1+. The van der Waals surface area contributed by atoms with Gasteiger partial charge in [0.25, 0.3) is 0 Å². The molecule has 0 aliphatic carbocycles. The van der Waals surface area contributed by atoms with E-state index in [9.17, 15) is 4.21 Å². The van der Waals surface area contributed by atoms with Crippen LogP contribution in [0.15, 0.2) is 12.2 Å². The molecule has 1 saturated heterocycles. The van der Waals surface area contributed by atoms with E-state index >= 15 is 0 Å². The first-order valence-electron chi connectivity index (χ1n) is 4.75. The van der Waals surface area contributed by atoms with Crippen LogP contribution in [0.2, 0.25) is 0 Å². The van der Waals surface area contributed by atoms with Crippen molar-refractivity contribution in [2.45, 2.75) is 6.42 Å². The third-order valence-electron chi connectivity index (χ3n) is 2.15. The second kappa shape index (κ2) is 6.29. The van der Waals surface area contributed by atoms with Crippen LogP contribution in [0.5, 0.6) is 0 Å². The lowest BCUT2D eigenvalue weighted by Gasteiger charge is -2.16. The van der Waals surface area contributed by atoms with E-state index in [2.05, 4.69) is 11.0 Å². The fourth-order valence-corrected chi connectivity index (χ4v) is 2.51. The Hall–Kier alpha value is -0.190. The molecule has 1 unspecified atom stereocenters. The molecule has 0 amide bonds. The Kier molecular flexibility index (Phi) is 5.27. The molecule has 0 bridgehead atoms. The maximum Gasteiger partial charge on any atom is 0.0362 e. The molecular formula is C9H18N2OS. The summed E-state index contributed by atoms with van der Waals surface area (Å²) in [5.41, 5.74) is 5.34. The predicted octanol–water partition coefficient (Wildman–Crippen LogP) is -0.0443. The van der Waals surface area contributed by atoms with E-state index < -0.39 is 10.8 Å². The van der Waals surface area contributed by atoms with E-state index in [1.165, 1.54) is 0 Å². The highest BCUT2D eigenvalue weighted by molar-refractivity contribution is 7.85. The van der Waals surface area contributed by atoms with Gasteiger partial charge in [-0.2, -0.15) is 0 Å². The van der Waals surface area contributed by atoms with Crippen molar-refractivity contribution in [1.29, 1.82) is 0 Å². The lowest BCUT2D eigenvalue weighted by molar-refractivity contribution is 0.327. The van der Waals surface area contributed by atoms with Crippen molar-refractivity contribution in [2.24, 2.45) is 5.73 Å². The van der Waals surface area contributed by atoms with Crippen LogP contribution in [0.1, 0.15) is 6.42 Å². The minimum atomic E-state index is -0.576. The Morgan fingerprint density at radius 3 is 2.92 bits per heavy atom. The van der Waals surface area contributed by atoms with Crippen molar-refractivity contribution in [3.63, 3.8) is 0 Å². The Morgan fingerprint density at radius 2 is 2.15 bits per heavy atom. The largest absolute Gasteiger partial charge is 0.327 e. The summed E-state index contributed by atoms with van der Waals surface area (Å²) < 4.78 is 11.2. The third-order valence-corrected chi connectivity index (χ3v) is 3.53. The minimum Gasteiger partial charge on any atom is -0.327 e. The van der Waals surface area contributed by atoms with Crippen LogP contribution in [0.25, 0.3) is 0 Å². The molecule has 1 atom stereocenters. The van der Waals surface area contributed by atoms with Gasteiger partial charge in [0.2, 0.25) is 0 Å². The van der Waals surface area contributed by atoms with Crippen molar-refractivity contribution in [3.05, 3.63) is 12.2 Å². The van der Waals surface area contributed by atoms with Crippen LogP contribution < -0.4 is 5.73 Å². The fraction of sp³-hybridized carbons (Fsp3) is 0.778. The number of hydrogen-bond acceptors (Lipinski definition) is 3. The normalized spacial score (nSPS) is 26.4. The molecule has 0 aromatic rings. The van der Waals surface area contributed by atoms with Gasteiger partial charge in [-0.05, 0) is 13.0 Å². The summed E-state index contributed by atoms with van der Waals surface area (Å²) >= 11 is 0. The first kappa shape index (κ1) is 10.9.